The second-order valence-electron chi connectivity index (χ2n) is 5.58. The molecular formula is C14H27NO2. The fraction of sp³-hybridized carbons (Fsp3) is 0.929. The Morgan fingerprint density at radius 2 is 1.94 bits per heavy atom. The lowest BCUT2D eigenvalue weighted by Gasteiger charge is -2.25. The normalized spacial score (nSPS) is 29.2. The summed E-state index contributed by atoms with van der Waals surface area (Å²) < 4.78 is 4.79. The Morgan fingerprint density at radius 1 is 1.24 bits per heavy atom. The van der Waals surface area contributed by atoms with E-state index in [0.29, 0.717) is 6.04 Å². The molecule has 3 nitrogen and oxygen atoms in total. The zero-order chi connectivity index (χ0) is 12.8. The highest BCUT2D eigenvalue weighted by atomic mass is 16.5. The number of hydrogen-bond acceptors (Lipinski definition) is 3. The Labute approximate surface area is 105 Å². The van der Waals surface area contributed by atoms with E-state index < -0.39 is 0 Å². The van der Waals surface area contributed by atoms with E-state index in [1.807, 2.05) is 6.92 Å². The smallest absolute Gasteiger partial charge is 0.309 e. The second kappa shape index (κ2) is 7.00. The summed E-state index contributed by atoms with van der Waals surface area (Å²) >= 11 is 0. The zero-order valence-electron chi connectivity index (χ0n) is 11.7. The number of esters is 1. The van der Waals surface area contributed by atoms with Gasteiger partial charge in [-0.15, -0.1) is 0 Å². The zero-order valence-corrected chi connectivity index (χ0v) is 11.7. The van der Waals surface area contributed by atoms with E-state index in [9.17, 15) is 4.79 Å². The number of nitrogens with one attached hydrogen (secondary N) is 1. The van der Waals surface area contributed by atoms with Gasteiger partial charge in [-0.25, -0.2) is 0 Å². The van der Waals surface area contributed by atoms with Crippen molar-refractivity contribution in [3.8, 4) is 0 Å². The molecule has 0 aromatic heterocycles. The highest BCUT2D eigenvalue weighted by Gasteiger charge is 2.24. The van der Waals surface area contributed by atoms with Gasteiger partial charge in [0.15, 0.2) is 0 Å². The van der Waals surface area contributed by atoms with Gasteiger partial charge in [0.05, 0.1) is 13.0 Å². The van der Waals surface area contributed by atoms with Crippen molar-refractivity contribution in [3.05, 3.63) is 0 Å². The summed E-state index contributed by atoms with van der Waals surface area (Å²) in [6.45, 7) is 6.35. The maximum atomic E-state index is 11.5. The molecule has 0 amide bonds. The molecule has 4 atom stereocenters. The van der Waals surface area contributed by atoms with Gasteiger partial charge in [-0.05, 0) is 32.1 Å². The molecule has 17 heavy (non-hydrogen) atoms. The minimum absolute atomic E-state index is 0.0688. The summed E-state index contributed by atoms with van der Waals surface area (Å²) in [5.74, 6) is 0.669. The highest BCUT2D eigenvalue weighted by Crippen LogP contribution is 2.23. The van der Waals surface area contributed by atoms with Gasteiger partial charge in [0.2, 0.25) is 0 Å². The highest BCUT2D eigenvalue weighted by molar-refractivity contribution is 5.72. The lowest BCUT2D eigenvalue weighted by molar-refractivity contribution is -0.145. The minimum Gasteiger partial charge on any atom is -0.469 e. The Balaban J connectivity index is 2.39. The summed E-state index contributed by atoms with van der Waals surface area (Å²) in [7, 11) is 1.46. The van der Waals surface area contributed by atoms with Crippen LogP contribution in [0.25, 0.3) is 0 Å². The molecule has 0 aliphatic heterocycles. The molecule has 1 aliphatic carbocycles. The van der Waals surface area contributed by atoms with Crippen molar-refractivity contribution in [2.24, 2.45) is 11.8 Å². The van der Waals surface area contributed by atoms with Gasteiger partial charge in [-0.2, -0.15) is 0 Å². The van der Waals surface area contributed by atoms with Crippen LogP contribution in [-0.2, 0) is 9.53 Å². The van der Waals surface area contributed by atoms with Crippen LogP contribution in [0.15, 0.2) is 0 Å². The van der Waals surface area contributed by atoms with E-state index in [1.165, 1.54) is 39.2 Å². The lowest BCUT2D eigenvalue weighted by Crippen LogP contribution is -2.42. The van der Waals surface area contributed by atoms with E-state index in [2.05, 4.69) is 19.2 Å². The molecule has 1 aliphatic rings. The first kappa shape index (κ1) is 14.5. The number of ether oxygens (including phenoxy) is 1. The van der Waals surface area contributed by atoms with Crippen molar-refractivity contribution in [1.82, 2.24) is 5.32 Å². The first-order valence-electron chi connectivity index (χ1n) is 6.88. The lowest BCUT2D eigenvalue weighted by atomic mass is 10.00. The SMILES string of the molecule is COC(=O)C(C)C(C)NC1CCCC(C)CC1. The van der Waals surface area contributed by atoms with Crippen LogP contribution in [0.3, 0.4) is 0 Å². The third kappa shape index (κ3) is 4.66. The quantitative estimate of drug-likeness (QED) is 0.607. The second-order valence-corrected chi connectivity index (χ2v) is 5.58. The summed E-state index contributed by atoms with van der Waals surface area (Å²) in [4.78, 5) is 11.5. The van der Waals surface area contributed by atoms with Crippen molar-refractivity contribution in [1.29, 1.82) is 0 Å². The summed E-state index contributed by atoms with van der Waals surface area (Å²) in [6.07, 6.45) is 6.43. The van der Waals surface area contributed by atoms with Crippen LogP contribution in [0.5, 0.6) is 0 Å². The Morgan fingerprint density at radius 3 is 2.59 bits per heavy atom. The topological polar surface area (TPSA) is 38.3 Å². The van der Waals surface area contributed by atoms with Crippen LogP contribution in [0, 0.1) is 11.8 Å². The molecule has 1 N–H and O–H groups in total. The Hall–Kier alpha value is -0.570. The molecule has 0 heterocycles. The first-order valence-corrected chi connectivity index (χ1v) is 6.88. The van der Waals surface area contributed by atoms with Crippen molar-refractivity contribution in [3.63, 3.8) is 0 Å². The molecule has 1 saturated carbocycles. The van der Waals surface area contributed by atoms with Gasteiger partial charge in [-0.1, -0.05) is 26.7 Å². The number of methoxy groups -OCH3 is 1. The minimum atomic E-state index is -0.119. The average molecular weight is 241 g/mol. The number of hydrogen-bond donors (Lipinski definition) is 1. The monoisotopic (exact) mass is 241 g/mol. The molecule has 0 saturated heterocycles. The molecule has 1 rings (SSSR count). The van der Waals surface area contributed by atoms with Gasteiger partial charge in [0.1, 0.15) is 0 Å². The fourth-order valence-corrected chi connectivity index (χ4v) is 2.56. The first-order chi connectivity index (χ1) is 8.04. The molecule has 0 aromatic carbocycles. The van der Waals surface area contributed by atoms with E-state index >= 15 is 0 Å². The largest absolute Gasteiger partial charge is 0.469 e. The fourth-order valence-electron chi connectivity index (χ4n) is 2.56. The standard InChI is InChI=1S/C14H27NO2/c1-10-6-5-7-13(9-8-10)15-12(3)11(2)14(16)17-4/h10-13,15H,5-9H2,1-4H3. The molecule has 3 heteroatoms. The van der Waals surface area contributed by atoms with Crippen molar-refractivity contribution in [2.45, 2.75) is 65.0 Å². The van der Waals surface area contributed by atoms with Crippen LogP contribution >= 0.6 is 0 Å². The van der Waals surface area contributed by atoms with Crippen LogP contribution in [0.1, 0.15) is 52.9 Å². The van der Waals surface area contributed by atoms with Crippen LogP contribution in [-0.4, -0.2) is 25.2 Å². The van der Waals surface area contributed by atoms with Gasteiger partial charge >= 0.3 is 5.97 Å². The van der Waals surface area contributed by atoms with Gasteiger partial charge in [0.25, 0.3) is 0 Å². The third-order valence-electron chi connectivity index (χ3n) is 4.08. The molecule has 0 radical (unpaired) electrons. The van der Waals surface area contributed by atoms with E-state index in [1.54, 1.807) is 0 Å². The Kier molecular flexibility index (Phi) is 5.96. The molecule has 100 valence electrons. The molecular weight excluding hydrogens is 214 g/mol. The van der Waals surface area contributed by atoms with E-state index in [0.717, 1.165) is 5.92 Å². The summed E-state index contributed by atoms with van der Waals surface area (Å²) in [6, 6.07) is 0.767. The van der Waals surface area contributed by atoms with E-state index in [-0.39, 0.29) is 17.9 Å². The maximum absolute atomic E-state index is 11.5. The molecule has 0 aromatic rings. The number of rotatable bonds is 4. The maximum Gasteiger partial charge on any atom is 0.309 e. The summed E-state index contributed by atoms with van der Waals surface area (Å²) in [5.41, 5.74) is 0. The molecule has 0 bridgehead atoms. The summed E-state index contributed by atoms with van der Waals surface area (Å²) in [5, 5.41) is 3.59. The number of carbonyl (C=O) groups excluding carboxylic acids is 1. The van der Waals surface area contributed by atoms with Gasteiger partial charge in [-0.3, -0.25) is 4.79 Å². The molecule has 0 spiro atoms. The third-order valence-corrected chi connectivity index (χ3v) is 4.08. The molecule has 1 fully saturated rings. The van der Waals surface area contributed by atoms with Crippen molar-refractivity contribution in [2.75, 3.05) is 7.11 Å². The van der Waals surface area contributed by atoms with Gasteiger partial charge < -0.3 is 10.1 Å². The van der Waals surface area contributed by atoms with Crippen molar-refractivity contribution < 1.29 is 9.53 Å². The van der Waals surface area contributed by atoms with E-state index in [4.69, 9.17) is 4.74 Å². The van der Waals surface area contributed by atoms with Crippen LogP contribution in [0.4, 0.5) is 0 Å². The number of carbonyl (C=O) groups is 1. The average Bonchev–Trinajstić information content (AvgIpc) is 2.52. The Bertz CT molecular complexity index is 242. The molecule has 4 unspecified atom stereocenters. The van der Waals surface area contributed by atoms with Gasteiger partial charge in [0, 0.05) is 12.1 Å². The van der Waals surface area contributed by atoms with Crippen LogP contribution < -0.4 is 5.32 Å². The van der Waals surface area contributed by atoms with Crippen molar-refractivity contribution >= 4 is 5.97 Å². The van der Waals surface area contributed by atoms with Crippen LogP contribution in [0.2, 0.25) is 0 Å². The predicted octanol–water partition coefficient (Wildman–Crippen LogP) is 2.74. The predicted molar refractivity (Wildman–Crippen MR) is 69.8 cm³/mol.